The molecule has 1 saturated heterocycles. The van der Waals surface area contributed by atoms with Gasteiger partial charge in [0.15, 0.2) is 6.10 Å². The molecule has 144 valence electrons. The van der Waals surface area contributed by atoms with Gasteiger partial charge in [-0.2, -0.15) is 0 Å². The van der Waals surface area contributed by atoms with Crippen molar-refractivity contribution in [2.45, 2.75) is 13.0 Å². The van der Waals surface area contributed by atoms with E-state index in [1.807, 2.05) is 42.5 Å². The maximum absolute atomic E-state index is 12.7. The van der Waals surface area contributed by atoms with Crippen molar-refractivity contribution in [3.63, 3.8) is 0 Å². The minimum absolute atomic E-state index is 0.152. The van der Waals surface area contributed by atoms with Gasteiger partial charge in [0, 0.05) is 49.0 Å². The largest absolute Gasteiger partial charge is 0.449 e. The summed E-state index contributed by atoms with van der Waals surface area (Å²) in [6.45, 7) is 4.39. The fourth-order valence-corrected chi connectivity index (χ4v) is 3.60. The second-order valence-corrected chi connectivity index (χ2v) is 6.94. The summed E-state index contributed by atoms with van der Waals surface area (Å²) in [5.41, 5.74) is 2.48. The zero-order valence-electron chi connectivity index (χ0n) is 15.8. The Morgan fingerprint density at radius 1 is 0.964 bits per heavy atom. The second-order valence-electron chi connectivity index (χ2n) is 6.94. The van der Waals surface area contributed by atoms with Crippen molar-refractivity contribution < 1.29 is 14.3 Å². The van der Waals surface area contributed by atoms with Crippen molar-refractivity contribution in [1.29, 1.82) is 0 Å². The molecule has 1 aromatic heterocycles. The Morgan fingerprint density at radius 3 is 2.39 bits per heavy atom. The number of carbonyl (C=O) groups is 2. The number of esters is 1. The van der Waals surface area contributed by atoms with Crippen molar-refractivity contribution in [2.24, 2.45) is 0 Å². The van der Waals surface area contributed by atoms with E-state index in [9.17, 15) is 9.59 Å². The fraction of sp³-hybridized carbons (Fsp3) is 0.273. The molecule has 1 aliphatic rings. The summed E-state index contributed by atoms with van der Waals surface area (Å²) in [5.74, 6) is -0.637. The highest BCUT2D eigenvalue weighted by Crippen LogP contribution is 2.20. The molecule has 0 spiro atoms. The summed E-state index contributed by atoms with van der Waals surface area (Å²) < 4.78 is 5.47. The molecule has 1 fully saturated rings. The Hall–Kier alpha value is -3.28. The van der Waals surface area contributed by atoms with E-state index in [4.69, 9.17) is 4.74 Å². The maximum Gasteiger partial charge on any atom is 0.341 e. The SMILES string of the molecule is C[C@H](OC(=O)c1c[nH]c2ccccc12)C(=O)N1CCN(c2ccccc2)CC1. The van der Waals surface area contributed by atoms with E-state index in [2.05, 4.69) is 22.0 Å². The summed E-state index contributed by atoms with van der Waals surface area (Å²) in [6, 6.07) is 17.7. The van der Waals surface area contributed by atoms with Crippen molar-refractivity contribution in [2.75, 3.05) is 31.1 Å². The molecular formula is C22H23N3O3. The Morgan fingerprint density at radius 2 is 1.64 bits per heavy atom. The highest BCUT2D eigenvalue weighted by molar-refractivity contribution is 6.04. The predicted octanol–water partition coefficient (Wildman–Crippen LogP) is 3.06. The van der Waals surface area contributed by atoms with E-state index in [0.29, 0.717) is 18.7 Å². The predicted molar refractivity (Wildman–Crippen MR) is 108 cm³/mol. The molecule has 6 heteroatoms. The zero-order chi connectivity index (χ0) is 19.5. The first-order valence-corrected chi connectivity index (χ1v) is 9.49. The van der Waals surface area contributed by atoms with E-state index in [1.54, 1.807) is 18.0 Å². The van der Waals surface area contributed by atoms with Crippen LogP contribution in [0.5, 0.6) is 0 Å². The number of hydrogen-bond acceptors (Lipinski definition) is 4. The minimum atomic E-state index is -0.815. The van der Waals surface area contributed by atoms with E-state index in [0.717, 1.165) is 29.7 Å². The molecule has 1 amide bonds. The molecule has 28 heavy (non-hydrogen) atoms. The van der Waals surface area contributed by atoms with E-state index < -0.39 is 12.1 Å². The van der Waals surface area contributed by atoms with Crippen LogP contribution in [0.3, 0.4) is 0 Å². The van der Waals surface area contributed by atoms with Crippen molar-refractivity contribution in [1.82, 2.24) is 9.88 Å². The Balaban J connectivity index is 1.35. The van der Waals surface area contributed by atoms with Crippen LogP contribution in [0, 0.1) is 0 Å². The van der Waals surface area contributed by atoms with Gasteiger partial charge in [0.05, 0.1) is 5.56 Å². The van der Waals surface area contributed by atoms with Crippen LogP contribution in [0.2, 0.25) is 0 Å². The van der Waals surface area contributed by atoms with E-state index in [-0.39, 0.29) is 5.91 Å². The van der Waals surface area contributed by atoms with Gasteiger partial charge in [-0.1, -0.05) is 36.4 Å². The summed E-state index contributed by atoms with van der Waals surface area (Å²) in [5, 5.41) is 0.795. The Kier molecular flexibility index (Phi) is 5.02. The van der Waals surface area contributed by atoms with Crippen LogP contribution < -0.4 is 4.90 Å². The molecule has 0 unspecified atom stereocenters. The highest BCUT2D eigenvalue weighted by atomic mass is 16.5. The first-order chi connectivity index (χ1) is 13.6. The van der Waals surface area contributed by atoms with Gasteiger partial charge >= 0.3 is 5.97 Å². The lowest BCUT2D eigenvalue weighted by Gasteiger charge is -2.37. The smallest absolute Gasteiger partial charge is 0.341 e. The molecule has 2 aromatic carbocycles. The van der Waals surface area contributed by atoms with Gasteiger partial charge in [0.1, 0.15) is 0 Å². The summed E-state index contributed by atoms with van der Waals surface area (Å²) >= 11 is 0. The third-order valence-corrected chi connectivity index (χ3v) is 5.15. The number of nitrogens with zero attached hydrogens (tertiary/aromatic N) is 2. The van der Waals surface area contributed by atoms with Crippen LogP contribution >= 0.6 is 0 Å². The number of aromatic nitrogens is 1. The first-order valence-electron chi connectivity index (χ1n) is 9.49. The molecule has 0 aliphatic carbocycles. The lowest BCUT2D eigenvalue weighted by molar-refractivity contribution is -0.140. The van der Waals surface area contributed by atoms with E-state index in [1.165, 1.54) is 0 Å². The molecule has 4 rings (SSSR count). The van der Waals surface area contributed by atoms with Crippen LogP contribution in [0.25, 0.3) is 10.9 Å². The number of hydrogen-bond donors (Lipinski definition) is 1. The lowest BCUT2D eigenvalue weighted by Crippen LogP contribution is -2.51. The maximum atomic E-state index is 12.7. The fourth-order valence-electron chi connectivity index (χ4n) is 3.60. The van der Waals surface area contributed by atoms with Gasteiger partial charge in [-0.15, -0.1) is 0 Å². The van der Waals surface area contributed by atoms with Crippen LogP contribution in [0.1, 0.15) is 17.3 Å². The highest BCUT2D eigenvalue weighted by Gasteiger charge is 2.28. The van der Waals surface area contributed by atoms with Gasteiger partial charge in [0.2, 0.25) is 0 Å². The van der Waals surface area contributed by atoms with Crippen molar-refractivity contribution in [3.8, 4) is 0 Å². The molecule has 1 atom stereocenters. The van der Waals surface area contributed by atoms with Gasteiger partial charge in [-0.25, -0.2) is 4.79 Å². The normalized spacial score (nSPS) is 15.5. The Bertz CT molecular complexity index is 975. The molecular weight excluding hydrogens is 354 g/mol. The average Bonchev–Trinajstić information content (AvgIpc) is 3.18. The average molecular weight is 377 g/mol. The number of para-hydroxylation sites is 2. The molecule has 6 nitrogen and oxygen atoms in total. The monoisotopic (exact) mass is 377 g/mol. The first kappa shape index (κ1) is 18.1. The number of piperazine rings is 1. The standard InChI is InChI=1S/C22H23N3O3/c1-16(28-22(27)19-15-23-20-10-6-5-9-18(19)20)21(26)25-13-11-24(12-14-25)17-7-3-2-4-8-17/h2-10,15-16,23H,11-14H2,1H3/t16-/m0/s1. The third kappa shape index (κ3) is 3.58. The van der Waals surface area contributed by atoms with Crippen LogP contribution in [-0.4, -0.2) is 54.0 Å². The number of ether oxygens (including phenoxy) is 1. The lowest BCUT2D eigenvalue weighted by atomic mass is 10.2. The van der Waals surface area contributed by atoms with Crippen molar-refractivity contribution >= 4 is 28.5 Å². The minimum Gasteiger partial charge on any atom is -0.449 e. The number of rotatable bonds is 4. The number of anilines is 1. The number of amides is 1. The van der Waals surface area contributed by atoms with Crippen molar-refractivity contribution in [3.05, 3.63) is 66.4 Å². The molecule has 0 saturated carbocycles. The number of H-pyrrole nitrogens is 1. The Labute approximate surface area is 163 Å². The third-order valence-electron chi connectivity index (χ3n) is 5.15. The molecule has 1 aliphatic heterocycles. The molecule has 3 aromatic rings. The number of nitrogens with one attached hydrogen (secondary N) is 1. The quantitative estimate of drug-likeness (QED) is 0.710. The number of fused-ring (bicyclic) bond motifs is 1. The van der Waals surface area contributed by atoms with Gasteiger partial charge in [0.25, 0.3) is 5.91 Å². The summed E-state index contributed by atoms with van der Waals surface area (Å²) in [4.78, 5) is 32.3. The number of aromatic amines is 1. The van der Waals surface area contributed by atoms with Crippen LogP contribution in [0.15, 0.2) is 60.8 Å². The zero-order valence-corrected chi connectivity index (χ0v) is 15.8. The molecule has 0 radical (unpaired) electrons. The summed E-state index contributed by atoms with van der Waals surface area (Å²) in [6.07, 6.45) is 0.812. The van der Waals surface area contributed by atoms with E-state index >= 15 is 0 Å². The van der Waals surface area contributed by atoms with Crippen LogP contribution in [0.4, 0.5) is 5.69 Å². The molecule has 1 N–H and O–H groups in total. The second kappa shape index (κ2) is 7.76. The van der Waals surface area contributed by atoms with Crippen LogP contribution in [-0.2, 0) is 9.53 Å². The topological polar surface area (TPSA) is 65.6 Å². The van der Waals surface area contributed by atoms with Gasteiger partial charge in [-0.3, -0.25) is 4.79 Å². The summed E-state index contributed by atoms with van der Waals surface area (Å²) in [7, 11) is 0. The van der Waals surface area contributed by atoms with Gasteiger partial charge in [-0.05, 0) is 25.1 Å². The molecule has 0 bridgehead atoms. The number of benzene rings is 2. The van der Waals surface area contributed by atoms with Gasteiger partial charge < -0.3 is 19.5 Å². The number of carbonyl (C=O) groups excluding carboxylic acids is 2. The molecule has 2 heterocycles.